The SMILES string of the molecule is CC(C)(C)Oc1ccc(NC(=O)Nc2ccncc2Oc2ccccc2C(C)(C)C)cc1. The molecule has 0 atom stereocenters. The average Bonchev–Trinajstić information content (AvgIpc) is 2.69. The molecular formula is C26H31N3O3. The summed E-state index contributed by atoms with van der Waals surface area (Å²) in [5.74, 6) is 1.94. The minimum absolute atomic E-state index is 0.0906. The molecule has 0 unspecified atom stereocenters. The van der Waals surface area contributed by atoms with E-state index >= 15 is 0 Å². The van der Waals surface area contributed by atoms with Gasteiger partial charge >= 0.3 is 6.03 Å². The molecule has 1 aromatic heterocycles. The molecule has 2 amide bonds. The number of hydrogen-bond acceptors (Lipinski definition) is 4. The highest BCUT2D eigenvalue weighted by Crippen LogP contribution is 2.36. The average molecular weight is 434 g/mol. The van der Waals surface area contributed by atoms with Crippen LogP contribution in [-0.2, 0) is 5.41 Å². The molecule has 0 spiro atoms. The minimum Gasteiger partial charge on any atom is -0.488 e. The van der Waals surface area contributed by atoms with E-state index in [1.807, 2.05) is 57.2 Å². The number of anilines is 2. The number of hydrogen-bond donors (Lipinski definition) is 2. The van der Waals surface area contributed by atoms with Crippen molar-refractivity contribution in [3.05, 3.63) is 72.6 Å². The summed E-state index contributed by atoms with van der Waals surface area (Å²) in [6, 6.07) is 16.4. The number of benzene rings is 2. The summed E-state index contributed by atoms with van der Waals surface area (Å²) in [7, 11) is 0. The second kappa shape index (κ2) is 9.30. The van der Waals surface area contributed by atoms with Crippen LogP contribution in [0.5, 0.6) is 17.2 Å². The standard InChI is InChI=1S/C26H31N3O3/c1-25(2,3)20-9-7-8-10-22(20)31-23-17-27-16-15-21(23)29-24(30)28-18-11-13-19(14-12-18)32-26(4,5)6/h7-17H,1-6H3,(H2,27,28,29,30). The summed E-state index contributed by atoms with van der Waals surface area (Å²) in [5, 5.41) is 5.67. The molecule has 0 aliphatic carbocycles. The van der Waals surface area contributed by atoms with Crippen LogP contribution in [0.2, 0.25) is 0 Å². The van der Waals surface area contributed by atoms with Crippen molar-refractivity contribution in [2.24, 2.45) is 0 Å². The smallest absolute Gasteiger partial charge is 0.323 e. The number of pyridine rings is 1. The fraction of sp³-hybridized carbons (Fsp3) is 0.308. The first kappa shape index (κ1) is 23.1. The molecule has 2 aromatic carbocycles. The molecule has 0 aliphatic heterocycles. The van der Waals surface area contributed by atoms with E-state index in [4.69, 9.17) is 9.47 Å². The monoisotopic (exact) mass is 433 g/mol. The molecule has 168 valence electrons. The van der Waals surface area contributed by atoms with Gasteiger partial charge in [0, 0.05) is 17.4 Å². The summed E-state index contributed by atoms with van der Waals surface area (Å²) < 4.78 is 12.0. The number of urea groups is 1. The number of aromatic nitrogens is 1. The maximum absolute atomic E-state index is 12.6. The molecule has 1 heterocycles. The maximum Gasteiger partial charge on any atom is 0.323 e. The first-order chi connectivity index (χ1) is 15.0. The molecule has 0 radical (unpaired) electrons. The molecule has 0 fully saturated rings. The predicted octanol–water partition coefficient (Wildman–Crippen LogP) is 6.99. The zero-order chi connectivity index (χ0) is 23.4. The number of rotatable bonds is 5. The Labute approximate surface area is 190 Å². The van der Waals surface area contributed by atoms with Gasteiger partial charge in [-0.25, -0.2) is 4.79 Å². The lowest BCUT2D eigenvalue weighted by Gasteiger charge is -2.23. The quantitative estimate of drug-likeness (QED) is 0.455. The summed E-state index contributed by atoms with van der Waals surface area (Å²) in [4.78, 5) is 16.7. The van der Waals surface area contributed by atoms with Crippen LogP contribution in [0, 0.1) is 0 Å². The molecule has 3 rings (SSSR count). The second-order valence-electron chi connectivity index (χ2n) is 9.54. The number of carbonyl (C=O) groups excluding carboxylic acids is 1. The minimum atomic E-state index is -0.380. The van der Waals surface area contributed by atoms with E-state index in [0.717, 1.165) is 17.1 Å². The molecule has 6 heteroatoms. The van der Waals surface area contributed by atoms with Crippen molar-refractivity contribution in [2.45, 2.75) is 52.6 Å². The highest BCUT2D eigenvalue weighted by Gasteiger charge is 2.20. The molecule has 0 aliphatic rings. The van der Waals surface area contributed by atoms with E-state index in [-0.39, 0.29) is 17.0 Å². The van der Waals surface area contributed by atoms with Gasteiger partial charge in [-0.05, 0) is 62.6 Å². The van der Waals surface area contributed by atoms with Gasteiger partial charge in [-0.3, -0.25) is 4.98 Å². The molecular weight excluding hydrogens is 402 g/mol. The van der Waals surface area contributed by atoms with Crippen molar-refractivity contribution >= 4 is 17.4 Å². The fourth-order valence-corrected chi connectivity index (χ4v) is 3.10. The summed E-state index contributed by atoms with van der Waals surface area (Å²) >= 11 is 0. The Morgan fingerprint density at radius 3 is 2.19 bits per heavy atom. The molecule has 0 saturated carbocycles. The third kappa shape index (κ3) is 6.48. The van der Waals surface area contributed by atoms with E-state index in [0.29, 0.717) is 17.1 Å². The first-order valence-corrected chi connectivity index (χ1v) is 10.6. The summed E-state index contributed by atoms with van der Waals surface area (Å²) in [6.45, 7) is 12.3. The Bertz CT molecular complexity index is 1060. The fourth-order valence-electron chi connectivity index (χ4n) is 3.10. The lowest BCUT2D eigenvalue weighted by Crippen LogP contribution is -2.23. The third-order valence-corrected chi connectivity index (χ3v) is 4.48. The van der Waals surface area contributed by atoms with Crippen LogP contribution in [0.3, 0.4) is 0 Å². The van der Waals surface area contributed by atoms with Crippen molar-refractivity contribution in [3.63, 3.8) is 0 Å². The van der Waals surface area contributed by atoms with Gasteiger partial charge in [-0.2, -0.15) is 0 Å². The number of para-hydroxylation sites is 1. The zero-order valence-corrected chi connectivity index (χ0v) is 19.5. The molecule has 32 heavy (non-hydrogen) atoms. The zero-order valence-electron chi connectivity index (χ0n) is 19.5. The van der Waals surface area contributed by atoms with Gasteiger partial charge in [0.2, 0.25) is 0 Å². The largest absolute Gasteiger partial charge is 0.488 e. The van der Waals surface area contributed by atoms with Gasteiger partial charge in [0.25, 0.3) is 0 Å². The van der Waals surface area contributed by atoms with Crippen molar-refractivity contribution in [3.8, 4) is 17.2 Å². The van der Waals surface area contributed by atoms with Crippen molar-refractivity contribution in [1.82, 2.24) is 4.98 Å². The van der Waals surface area contributed by atoms with E-state index < -0.39 is 0 Å². The van der Waals surface area contributed by atoms with E-state index in [1.54, 1.807) is 30.6 Å². The summed E-state index contributed by atoms with van der Waals surface area (Å²) in [5.41, 5.74) is 1.87. The lowest BCUT2D eigenvalue weighted by atomic mass is 9.86. The summed E-state index contributed by atoms with van der Waals surface area (Å²) in [6.07, 6.45) is 3.20. The molecule has 2 N–H and O–H groups in total. The molecule has 0 bridgehead atoms. The van der Waals surface area contributed by atoms with E-state index in [2.05, 4.69) is 36.4 Å². The highest BCUT2D eigenvalue weighted by atomic mass is 16.5. The number of amides is 2. The van der Waals surface area contributed by atoms with Gasteiger partial charge in [-0.1, -0.05) is 39.0 Å². The second-order valence-corrected chi connectivity index (χ2v) is 9.54. The predicted molar refractivity (Wildman–Crippen MR) is 129 cm³/mol. The Morgan fingerprint density at radius 1 is 0.844 bits per heavy atom. The van der Waals surface area contributed by atoms with Crippen LogP contribution in [0.4, 0.5) is 16.2 Å². The lowest BCUT2D eigenvalue weighted by molar-refractivity contribution is 0.131. The molecule has 6 nitrogen and oxygen atoms in total. The van der Waals surface area contributed by atoms with E-state index in [1.165, 1.54) is 0 Å². The van der Waals surface area contributed by atoms with Crippen molar-refractivity contribution in [2.75, 3.05) is 10.6 Å². The topological polar surface area (TPSA) is 72.5 Å². The Balaban J connectivity index is 1.71. The van der Waals surface area contributed by atoms with E-state index in [9.17, 15) is 4.79 Å². The van der Waals surface area contributed by atoms with Gasteiger partial charge in [0.15, 0.2) is 5.75 Å². The van der Waals surface area contributed by atoms with Crippen molar-refractivity contribution < 1.29 is 14.3 Å². The van der Waals surface area contributed by atoms with Gasteiger partial charge in [-0.15, -0.1) is 0 Å². The third-order valence-electron chi connectivity index (χ3n) is 4.48. The van der Waals surface area contributed by atoms with Crippen LogP contribution in [-0.4, -0.2) is 16.6 Å². The normalized spacial score (nSPS) is 11.6. The van der Waals surface area contributed by atoms with Gasteiger partial charge in [0.05, 0.1) is 11.9 Å². The molecule has 0 saturated heterocycles. The van der Waals surface area contributed by atoms with Crippen molar-refractivity contribution in [1.29, 1.82) is 0 Å². The number of nitrogens with zero attached hydrogens (tertiary/aromatic N) is 1. The number of ether oxygens (including phenoxy) is 2. The van der Waals surface area contributed by atoms with Crippen LogP contribution >= 0.6 is 0 Å². The Kier molecular flexibility index (Phi) is 6.72. The highest BCUT2D eigenvalue weighted by molar-refractivity contribution is 6.00. The first-order valence-electron chi connectivity index (χ1n) is 10.6. The van der Waals surface area contributed by atoms with Gasteiger partial charge < -0.3 is 20.1 Å². The van der Waals surface area contributed by atoms with Gasteiger partial charge in [0.1, 0.15) is 17.1 Å². The molecule has 3 aromatic rings. The van der Waals surface area contributed by atoms with Crippen LogP contribution < -0.4 is 20.1 Å². The van der Waals surface area contributed by atoms with Crippen LogP contribution in [0.1, 0.15) is 47.1 Å². The number of carbonyl (C=O) groups is 1. The maximum atomic E-state index is 12.6. The Morgan fingerprint density at radius 2 is 1.53 bits per heavy atom. The van der Waals surface area contributed by atoms with Crippen LogP contribution in [0.25, 0.3) is 0 Å². The van der Waals surface area contributed by atoms with Crippen LogP contribution in [0.15, 0.2) is 67.0 Å². The number of nitrogens with one attached hydrogen (secondary N) is 2. The Hall–Kier alpha value is -3.54.